The summed E-state index contributed by atoms with van der Waals surface area (Å²) in [4.78, 5) is 8.22. The fourth-order valence-electron chi connectivity index (χ4n) is 1.61. The summed E-state index contributed by atoms with van der Waals surface area (Å²) in [6.45, 7) is 0.236. The molecule has 0 saturated heterocycles. The number of halogens is 1. The van der Waals surface area contributed by atoms with Crippen LogP contribution in [0.3, 0.4) is 0 Å². The van der Waals surface area contributed by atoms with E-state index in [0.29, 0.717) is 11.7 Å². The summed E-state index contributed by atoms with van der Waals surface area (Å²) in [5, 5.41) is 3.91. The predicted molar refractivity (Wildman–Crippen MR) is 76.0 cm³/mol. The SMILES string of the molecule is Brc1ccc(OCc2nc(-c3ccncc3)no2)cc1. The van der Waals surface area contributed by atoms with Gasteiger partial charge in [0.1, 0.15) is 5.75 Å². The van der Waals surface area contributed by atoms with Gasteiger partial charge in [-0.1, -0.05) is 21.1 Å². The van der Waals surface area contributed by atoms with Crippen molar-refractivity contribution in [2.75, 3.05) is 0 Å². The second-order valence-electron chi connectivity index (χ2n) is 3.99. The van der Waals surface area contributed by atoms with Crippen LogP contribution in [0.5, 0.6) is 5.75 Å². The Bertz CT molecular complexity index is 683. The summed E-state index contributed by atoms with van der Waals surface area (Å²) in [6, 6.07) is 11.2. The Morgan fingerprint density at radius 3 is 2.55 bits per heavy atom. The highest BCUT2D eigenvalue weighted by atomic mass is 79.9. The smallest absolute Gasteiger partial charge is 0.264 e. The van der Waals surface area contributed by atoms with Crippen LogP contribution in [0.1, 0.15) is 5.89 Å². The van der Waals surface area contributed by atoms with Gasteiger partial charge in [0.05, 0.1) is 0 Å². The zero-order valence-corrected chi connectivity index (χ0v) is 11.9. The molecule has 0 bridgehead atoms. The molecule has 3 rings (SSSR count). The van der Waals surface area contributed by atoms with Gasteiger partial charge in [-0.15, -0.1) is 0 Å². The molecule has 2 heterocycles. The van der Waals surface area contributed by atoms with E-state index in [1.54, 1.807) is 12.4 Å². The van der Waals surface area contributed by atoms with Gasteiger partial charge in [-0.25, -0.2) is 0 Å². The molecule has 100 valence electrons. The Kier molecular flexibility index (Phi) is 3.73. The first-order chi connectivity index (χ1) is 9.81. The van der Waals surface area contributed by atoms with Crippen LogP contribution in [-0.2, 0) is 6.61 Å². The van der Waals surface area contributed by atoms with Crippen LogP contribution in [-0.4, -0.2) is 15.1 Å². The van der Waals surface area contributed by atoms with Crippen LogP contribution in [0, 0.1) is 0 Å². The van der Waals surface area contributed by atoms with Gasteiger partial charge in [0.25, 0.3) is 5.89 Å². The molecule has 0 atom stereocenters. The van der Waals surface area contributed by atoms with E-state index < -0.39 is 0 Å². The largest absolute Gasteiger partial charge is 0.484 e. The third-order valence-electron chi connectivity index (χ3n) is 2.58. The quantitative estimate of drug-likeness (QED) is 0.732. The molecule has 0 aliphatic rings. The Labute approximate surface area is 123 Å². The van der Waals surface area contributed by atoms with Crippen molar-refractivity contribution in [3.8, 4) is 17.1 Å². The van der Waals surface area contributed by atoms with Crippen molar-refractivity contribution in [2.24, 2.45) is 0 Å². The van der Waals surface area contributed by atoms with Crippen LogP contribution < -0.4 is 4.74 Å². The van der Waals surface area contributed by atoms with E-state index >= 15 is 0 Å². The number of ether oxygens (including phenoxy) is 1. The Balaban J connectivity index is 1.67. The second kappa shape index (κ2) is 5.83. The number of hydrogen-bond acceptors (Lipinski definition) is 5. The van der Waals surface area contributed by atoms with Gasteiger partial charge in [0, 0.05) is 22.4 Å². The number of pyridine rings is 1. The van der Waals surface area contributed by atoms with Gasteiger partial charge in [-0.05, 0) is 36.4 Å². The average Bonchev–Trinajstić information content (AvgIpc) is 2.97. The van der Waals surface area contributed by atoms with Crippen molar-refractivity contribution in [1.29, 1.82) is 0 Å². The summed E-state index contributed by atoms with van der Waals surface area (Å²) < 4.78 is 11.7. The summed E-state index contributed by atoms with van der Waals surface area (Å²) in [6.07, 6.45) is 3.37. The fraction of sp³-hybridized carbons (Fsp3) is 0.0714. The molecule has 2 aromatic heterocycles. The van der Waals surface area contributed by atoms with Gasteiger partial charge in [0.2, 0.25) is 5.82 Å². The number of hydrogen-bond donors (Lipinski definition) is 0. The van der Waals surface area contributed by atoms with Crippen molar-refractivity contribution in [3.63, 3.8) is 0 Å². The third-order valence-corrected chi connectivity index (χ3v) is 3.11. The maximum Gasteiger partial charge on any atom is 0.264 e. The zero-order valence-electron chi connectivity index (χ0n) is 10.4. The molecule has 0 spiro atoms. The number of benzene rings is 1. The van der Waals surface area contributed by atoms with Gasteiger partial charge in [-0.2, -0.15) is 4.98 Å². The second-order valence-corrected chi connectivity index (χ2v) is 4.91. The fourth-order valence-corrected chi connectivity index (χ4v) is 1.87. The lowest BCUT2D eigenvalue weighted by Crippen LogP contribution is -1.95. The normalized spacial score (nSPS) is 10.4. The molecule has 0 unspecified atom stereocenters. The highest BCUT2D eigenvalue weighted by molar-refractivity contribution is 9.10. The van der Waals surface area contributed by atoms with Crippen LogP contribution in [0.25, 0.3) is 11.4 Å². The molecule has 0 aliphatic carbocycles. The molecule has 20 heavy (non-hydrogen) atoms. The van der Waals surface area contributed by atoms with Gasteiger partial charge < -0.3 is 9.26 Å². The number of aromatic nitrogens is 3. The van der Waals surface area contributed by atoms with Gasteiger partial charge in [0.15, 0.2) is 6.61 Å². The minimum absolute atomic E-state index is 0.236. The molecule has 1 aromatic carbocycles. The maximum absolute atomic E-state index is 5.57. The van der Waals surface area contributed by atoms with E-state index in [2.05, 4.69) is 31.1 Å². The summed E-state index contributed by atoms with van der Waals surface area (Å²) in [7, 11) is 0. The van der Waals surface area contributed by atoms with Crippen molar-refractivity contribution < 1.29 is 9.26 Å². The Morgan fingerprint density at radius 1 is 1.05 bits per heavy atom. The molecule has 5 nitrogen and oxygen atoms in total. The van der Waals surface area contributed by atoms with Crippen LogP contribution in [0.2, 0.25) is 0 Å². The molecule has 3 aromatic rings. The molecule has 0 N–H and O–H groups in total. The molecule has 6 heteroatoms. The molecule has 0 aliphatic heterocycles. The standard InChI is InChI=1S/C14H10BrN3O2/c15-11-1-3-12(4-2-11)19-9-13-17-14(18-20-13)10-5-7-16-8-6-10/h1-8H,9H2. The number of nitrogens with zero attached hydrogens (tertiary/aromatic N) is 3. The van der Waals surface area contributed by atoms with E-state index in [1.165, 1.54) is 0 Å². The monoisotopic (exact) mass is 331 g/mol. The maximum atomic E-state index is 5.57. The van der Waals surface area contributed by atoms with E-state index in [4.69, 9.17) is 9.26 Å². The first-order valence-corrected chi connectivity index (χ1v) is 6.72. The molecule has 0 amide bonds. The van der Waals surface area contributed by atoms with Gasteiger partial charge in [-0.3, -0.25) is 4.98 Å². The highest BCUT2D eigenvalue weighted by Crippen LogP contribution is 2.18. The lowest BCUT2D eigenvalue weighted by atomic mass is 10.2. The van der Waals surface area contributed by atoms with Crippen LogP contribution in [0.4, 0.5) is 0 Å². The zero-order chi connectivity index (χ0) is 13.8. The van der Waals surface area contributed by atoms with Crippen molar-refractivity contribution in [2.45, 2.75) is 6.61 Å². The van der Waals surface area contributed by atoms with Crippen LogP contribution in [0.15, 0.2) is 57.8 Å². The first-order valence-electron chi connectivity index (χ1n) is 5.92. The lowest BCUT2D eigenvalue weighted by Gasteiger charge is -2.02. The summed E-state index contributed by atoms with van der Waals surface area (Å²) >= 11 is 3.37. The first kappa shape index (κ1) is 12.8. The summed E-state index contributed by atoms with van der Waals surface area (Å²) in [5.74, 6) is 1.71. The number of rotatable bonds is 4. The van der Waals surface area contributed by atoms with Crippen LogP contribution >= 0.6 is 15.9 Å². The van der Waals surface area contributed by atoms with E-state index in [0.717, 1.165) is 15.8 Å². The van der Waals surface area contributed by atoms with E-state index in [1.807, 2.05) is 36.4 Å². The molecular formula is C14H10BrN3O2. The predicted octanol–water partition coefficient (Wildman–Crippen LogP) is 3.47. The van der Waals surface area contributed by atoms with E-state index in [9.17, 15) is 0 Å². The summed E-state index contributed by atoms with van der Waals surface area (Å²) in [5.41, 5.74) is 0.860. The van der Waals surface area contributed by atoms with Crippen molar-refractivity contribution >= 4 is 15.9 Å². The Hall–Kier alpha value is -2.21. The van der Waals surface area contributed by atoms with Crippen molar-refractivity contribution in [1.82, 2.24) is 15.1 Å². The minimum Gasteiger partial charge on any atom is -0.484 e. The molecule has 0 radical (unpaired) electrons. The molecule has 0 saturated carbocycles. The molecular weight excluding hydrogens is 322 g/mol. The van der Waals surface area contributed by atoms with Crippen molar-refractivity contribution in [3.05, 3.63) is 59.2 Å². The minimum atomic E-state index is 0.236. The van der Waals surface area contributed by atoms with Gasteiger partial charge >= 0.3 is 0 Å². The highest BCUT2D eigenvalue weighted by Gasteiger charge is 2.08. The van der Waals surface area contributed by atoms with E-state index in [-0.39, 0.29) is 6.61 Å². The third kappa shape index (κ3) is 3.03. The topological polar surface area (TPSA) is 61.0 Å². The Morgan fingerprint density at radius 2 is 1.80 bits per heavy atom. The molecule has 0 fully saturated rings. The lowest BCUT2D eigenvalue weighted by molar-refractivity contribution is 0.243. The average molecular weight is 332 g/mol.